The van der Waals surface area contributed by atoms with Crippen LogP contribution in [0.1, 0.15) is 5.56 Å². The van der Waals surface area contributed by atoms with Gasteiger partial charge in [-0.25, -0.2) is 0 Å². The van der Waals surface area contributed by atoms with Crippen LogP contribution in [0.25, 0.3) is 11.3 Å². The van der Waals surface area contributed by atoms with Gasteiger partial charge >= 0.3 is 0 Å². The van der Waals surface area contributed by atoms with Crippen LogP contribution in [0, 0.1) is 0 Å². The van der Waals surface area contributed by atoms with Gasteiger partial charge in [-0.2, -0.15) is 10.2 Å². The number of pyridine rings is 1. The van der Waals surface area contributed by atoms with E-state index in [-0.39, 0.29) is 0 Å². The van der Waals surface area contributed by atoms with E-state index in [0.29, 0.717) is 11.5 Å². The zero-order valence-corrected chi connectivity index (χ0v) is 14.9. The third kappa shape index (κ3) is 4.18. The number of benzene rings is 1. The van der Waals surface area contributed by atoms with Crippen molar-refractivity contribution in [2.75, 3.05) is 32.0 Å². The van der Waals surface area contributed by atoms with Gasteiger partial charge in [-0.3, -0.25) is 15.0 Å². The fourth-order valence-corrected chi connectivity index (χ4v) is 3.01. The van der Waals surface area contributed by atoms with Crippen LogP contribution in [0.3, 0.4) is 0 Å². The zero-order chi connectivity index (χ0) is 18.5. The standard InChI is InChI=1S/C19H21N7O/c20-19-18(17(23-25-19)15-4-6-21-7-5-15)24-22-16-3-1-2-14(12-16)13-26-8-10-27-11-9-26/h1-7,12H,8-11,13H2,(H3,20,23,25). The molecule has 1 aromatic carbocycles. The Morgan fingerprint density at radius 3 is 2.74 bits per heavy atom. The number of hydrogen-bond donors (Lipinski definition) is 2. The number of nitrogen functional groups attached to an aromatic ring is 1. The molecule has 0 bridgehead atoms. The van der Waals surface area contributed by atoms with Crippen LogP contribution in [0.4, 0.5) is 17.2 Å². The predicted molar refractivity (Wildman–Crippen MR) is 103 cm³/mol. The zero-order valence-electron chi connectivity index (χ0n) is 14.9. The average molecular weight is 363 g/mol. The average Bonchev–Trinajstić information content (AvgIpc) is 3.09. The Morgan fingerprint density at radius 2 is 1.93 bits per heavy atom. The minimum atomic E-state index is 0.315. The summed E-state index contributed by atoms with van der Waals surface area (Å²) in [4.78, 5) is 6.40. The molecule has 3 heterocycles. The molecule has 1 aliphatic heterocycles. The Bertz CT molecular complexity index is 917. The van der Waals surface area contributed by atoms with Gasteiger partial charge in [-0.1, -0.05) is 12.1 Å². The third-order valence-electron chi connectivity index (χ3n) is 4.42. The lowest BCUT2D eigenvalue weighted by Crippen LogP contribution is -2.35. The number of rotatable bonds is 5. The van der Waals surface area contributed by atoms with Gasteiger partial charge in [0.2, 0.25) is 0 Å². The molecule has 2 aromatic heterocycles. The van der Waals surface area contributed by atoms with Crippen molar-refractivity contribution < 1.29 is 4.74 Å². The minimum Gasteiger partial charge on any atom is -0.380 e. The van der Waals surface area contributed by atoms with Crippen molar-refractivity contribution in [2.45, 2.75) is 6.54 Å². The number of nitrogens with one attached hydrogen (secondary N) is 1. The van der Waals surface area contributed by atoms with Gasteiger partial charge in [0.25, 0.3) is 0 Å². The lowest BCUT2D eigenvalue weighted by molar-refractivity contribution is 0.0342. The van der Waals surface area contributed by atoms with E-state index in [0.717, 1.165) is 49.8 Å². The van der Waals surface area contributed by atoms with E-state index in [1.165, 1.54) is 5.56 Å². The summed E-state index contributed by atoms with van der Waals surface area (Å²) in [6.07, 6.45) is 3.42. The second-order valence-electron chi connectivity index (χ2n) is 6.33. The molecule has 0 amide bonds. The number of ether oxygens (including phenoxy) is 1. The maximum atomic E-state index is 5.97. The highest BCUT2D eigenvalue weighted by molar-refractivity contribution is 5.78. The van der Waals surface area contributed by atoms with Crippen molar-refractivity contribution in [1.82, 2.24) is 20.1 Å². The number of nitrogens with two attached hydrogens (primary N) is 1. The number of azo groups is 1. The number of anilines is 1. The fraction of sp³-hybridized carbons (Fsp3) is 0.263. The SMILES string of the molecule is Nc1n[nH]c(-c2ccncc2)c1N=Nc1cccc(CN2CCOCC2)c1. The smallest absolute Gasteiger partial charge is 0.173 e. The first kappa shape index (κ1) is 17.3. The molecule has 0 spiro atoms. The van der Waals surface area contributed by atoms with Crippen molar-refractivity contribution in [3.63, 3.8) is 0 Å². The van der Waals surface area contributed by atoms with Crippen molar-refractivity contribution in [1.29, 1.82) is 0 Å². The first-order valence-corrected chi connectivity index (χ1v) is 8.84. The highest BCUT2D eigenvalue weighted by atomic mass is 16.5. The van der Waals surface area contributed by atoms with E-state index in [4.69, 9.17) is 10.5 Å². The van der Waals surface area contributed by atoms with Crippen LogP contribution in [0.2, 0.25) is 0 Å². The molecular weight excluding hydrogens is 342 g/mol. The molecule has 3 aromatic rings. The van der Waals surface area contributed by atoms with Gasteiger partial charge in [0.15, 0.2) is 11.5 Å². The number of aromatic amines is 1. The summed E-state index contributed by atoms with van der Waals surface area (Å²) in [5.41, 5.74) is 10.1. The Balaban J connectivity index is 1.53. The number of hydrogen-bond acceptors (Lipinski definition) is 7. The monoisotopic (exact) mass is 363 g/mol. The second-order valence-corrected chi connectivity index (χ2v) is 6.33. The normalized spacial score (nSPS) is 15.4. The molecule has 0 saturated carbocycles. The summed E-state index contributed by atoms with van der Waals surface area (Å²) in [5.74, 6) is 0.315. The van der Waals surface area contributed by atoms with Crippen LogP contribution < -0.4 is 5.73 Å². The molecule has 8 heteroatoms. The molecule has 0 unspecified atom stereocenters. The van der Waals surface area contributed by atoms with Crippen LogP contribution in [-0.2, 0) is 11.3 Å². The number of morpholine rings is 1. The molecule has 8 nitrogen and oxygen atoms in total. The largest absolute Gasteiger partial charge is 0.380 e. The van der Waals surface area contributed by atoms with Crippen LogP contribution in [0.15, 0.2) is 59.0 Å². The van der Waals surface area contributed by atoms with Crippen molar-refractivity contribution in [3.8, 4) is 11.3 Å². The minimum absolute atomic E-state index is 0.315. The van der Waals surface area contributed by atoms with Crippen LogP contribution >= 0.6 is 0 Å². The van der Waals surface area contributed by atoms with Crippen molar-refractivity contribution in [2.24, 2.45) is 10.2 Å². The summed E-state index contributed by atoms with van der Waals surface area (Å²) in [7, 11) is 0. The highest BCUT2D eigenvalue weighted by Gasteiger charge is 2.13. The Morgan fingerprint density at radius 1 is 1.11 bits per heavy atom. The molecule has 138 valence electrons. The lowest BCUT2D eigenvalue weighted by atomic mass is 10.2. The Hall–Kier alpha value is -3.10. The van der Waals surface area contributed by atoms with Gasteiger partial charge in [0.05, 0.1) is 24.6 Å². The molecule has 27 heavy (non-hydrogen) atoms. The lowest BCUT2D eigenvalue weighted by Gasteiger charge is -2.26. The van der Waals surface area contributed by atoms with E-state index in [2.05, 4.69) is 36.4 Å². The maximum Gasteiger partial charge on any atom is 0.173 e. The Labute approximate surface area is 157 Å². The van der Waals surface area contributed by atoms with Gasteiger partial charge < -0.3 is 10.5 Å². The van der Waals surface area contributed by atoms with Gasteiger partial charge in [0, 0.05) is 37.6 Å². The van der Waals surface area contributed by atoms with E-state index < -0.39 is 0 Å². The van der Waals surface area contributed by atoms with E-state index in [1.54, 1.807) is 12.4 Å². The fourth-order valence-electron chi connectivity index (χ4n) is 3.01. The molecule has 4 rings (SSSR count). The molecule has 3 N–H and O–H groups in total. The second kappa shape index (κ2) is 8.07. The first-order chi connectivity index (χ1) is 13.3. The first-order valence-electron chi connectivity index (χ1n) is 8.84. The maximum absolute atomic E-state index is 5.97. The van der Waals surface area contributed by atoms with E-state index in [1.807, 2.05) is 30.3 Å². The summed E-state index contributed by atoms with van der Waals surface area (Å²) >= 11 is 0. The molecule has 0 atom stereocenters. The molecular formula is C19H21N7O. The van der Waals surface area contributed by atoms with E-state index in [9.17, 15) is 0 Å². The molecule has 1 aliphatic rings. The topological polar surface area (TPSA) is 105 Å². The number of aromatic nitrogens is 3. The van der Waals surface area contributed by atoms with Crippen molar-refractivity contribution in [3.05, 3.63) is 54.4 Å². The molecule has 1 saturated heterocycles. The summed E-state index contributed by atoms with van der Waals surface area (Å²) < 4.78 is 5.40. The number of H-pyrrole nitrogens is 1. The van der Waals surface area contributed by atoms with Gasteiger partial charge in [0.1, 0.15) is 0 Å². The molecule has 0 radical (unpaired) electrons. The third-order valence-corrected chi connectivity index (χ3v) is 4.42. The number of nitrogens with zero attached hydrogens (tertiary/aromatic N) is 5. The summed E-state index contributed by atoms with van der Waals surface area (Å²) in [5, 5.41) is 15.7. The molecule has 1 fully saturated rings. The van der Waals surface area contributed by atoms with Gasteiger partial charge in [-0.15, -0.1) is 5.11 Å². The van der Waals surface area contributed by atoms with Crippen LogP contribution in [0.5, 0.6) is 0 Å². The summed E-state index contributed by atoms with van der Waals surface area (Å²) in [6, 6.07) is 11.8. The van der Waals surface area contributed by atoms with Gasteiger partial charge in [-0.05, 0) is 29.8 Å². The predicted octanol–water partition coefficient (Wildman–Crippen LogP) is 3.30. The van der Waals surface area contributed by atoms with Crippen LogP contribution in [-0.4, -0.2) is 46.4 Å². The quantitative estimate of drug-likeness (QED) is 0.677. The van der Waals surface area contributed by atoms with Crippen molar-refractivity contribution >= 4 is 17.2 Å². The molecule has 0 aliphatic carbocycles. The highest BCUT2D eigenvalue weighted by Crippen LogP contribution is 2.33. The Kier molecular flexibility index (Phi) is 5.17. The van der Waals surface area contributed by atoms with E-state index >= 15 is 0 Å². The summed E-state index contributed by atoms with van der Waals surface area (Å²) in [6.45, 7) is 4.36.